The first-order valence-corrected chi connectivity index (χ1v) is 9.91. The van der Waals surface area contributed by atoms with Crippen LogP contribution in [0.2, 0.25) is 0 Å². The molecule has 4 aliphatic rings. The SMILES string of the molecule is C[C@@]12CC[C@H]3c4ccc(O)cc4CC[C@@H]3[C@H]1CC1(CCCC1)C2. The zero-order valence-electron chi connectivity index (χ0n) is 14.5. The van der Waals surface area contributed by atoms with E-state index in [9.17, 15) is 5.11 Å². The van der Waals surface area contributed by atoms with Gasteiger partial charge in [0, 0.05) is 0 Å². The minimum atomic E-state index is 0.452. The van der Waals surface area contributed by atoms with Gasteiger partial charge in [-0.2, -0.15) is 0 Å². The molecule has 0 amide bonds. The van der Waals surface area contributed by atoms with Crippen LogP contribution in [-0.2, 0) is 6.42 Å². The standard InChI is InChI=1S/C22H30O/c1-21-11-8-18-17-7-5-16(23)12-15(17)4-6-19(18)20(21)13-22(14-21)9-2-3-10-22/h5,7,12,18-20,23H,2-4,6,8-11,13-14H2,1H3/t18-,19-,20+,21-/m0/s1. The zero-order valence-corrected chi connectivity index (χ0v) is 14.5. The molecule has 4 aliphatic carbocycles. The number of phenols is 1. The normalized spacial score (nSPS) is 40.7. The van der Waals surface area contributed by atoms with E-state index in [4.69, 9.17) is 0 Å². The molecular weight excluding hydrogens is 280 g/mol. The lowest BCUT2D eigenvalue weighted by Crippen LogP contribution is -2.39. The molecule has 0 unspecified atom stereocenters. The second kappa shape index (κ2) is 4.77. The number of rotatable bonds is 0. The summed E-state index contributed by atoms with van der Waals surface area (Å²) in [6, 6.07) is 6.19. The van der Waals surface area contributed by atoms with Crippen molar-refractivity contribution >= 4 is 0 Å². The minimum absolute atomic E-state index is 0.452. The third-order valence-electron chi connectivity index (χ3n) is 8.32. The van der Waals surface area contributed by atoms with Crippen LogP contribution >= 0.6 is 0 Å². The lowest BCUT2D eigenvalue weighted by atomic mass is 9.56. The van der Waals surface area contributed by atoms with Crippen molar-refractivity contribution in [2.75, 3.05) is 0 Å². The molecule has 1 aromatic carbocycles. The van der Waals surface area contributed by atoms with Crippen LogP contribution in [0.5, 0.6) is 5.75 Å². The second-order valence-electron chi connectivity index (χ2n) is 9.58. The van der Waals surface area contributed by atoms with Crippen molar-refractivity contribution < 1.29 is 5.11 Å². The second-order valence-corrected chi connectivity index (χ2v) is 9.58. The first-order valence-electron chi connectivity index (χ1n) is 9.91. The molecular formula is C22H30O. The Morgan fingerprint density at radius 3 is 2.74 bits per heavy atom. The van der Waals surface area contributed by atoms with Crippen LogP contribution in [0.3, 0.4) is 0 Å². The fourth-order valence-electron chi connectivity index (χ4n) is 7.48. The van der Waals surface area contributed by atoms with Gasteiger partial charge < -0.3 is 5.11 Å². The van der Waals surface area contributed by atoms with Crippen LogP contribution in [-0.4, -0.2) is 5.11 Å². The van der Waals surface area contributed by atoms with Crippen molar-refractivity contribution in [1.29, 1.82) is 0 Å². The van der Waals surface area contributed by atoms with Crippen molar-refractivity contribution in [1.82, 2.24) is 0 Å². The van der Waals surface area contributed by atoms with Crippen LogP contribution in [0, 0.1) is 22.7 Å². The van der Waals surface area contributed by atoms with Crippen molar-refractivity contribution in [3.63, 3.8) is 0 Å². The van der Waals surface area contributed by atoms with Crippen molar-refractivity contribution in [3.8, 4) is 5.75 Å². The van der Waals surface area contributed by atoms with E-state index in [0.29, 0.717) is 11.2 Å². The Morgan fingerprint density at radius 1 is 1.09 bits per heavy atom. The highest BCUT2D eigenvalue weighted by atomic mass is 16.3. The summed E-state index contributed by atoms with van der Waals surface area (Å²) in [4.78, 5) is 0. The van der Waals surface area contributed by atoms with Gasteiger partial charge in [-0.25, -0.2) is 0 Å². The predicted octanol–water partition coefficient (Wildman–Crippen LogP) is 5.81. The van der Waals surface area contributed by atoms with Crippen molar-refractivity contribution in [2.24, 2.45) is 22.7 Å². The molecule has 0 bridgehead atoms. The maximum absolute atomic E-state index is 9.81. The third-order valence-corrected chi connectivity index (χ3v) is 8.32. The Bertz CT molecular complexity index is 627. The molecule has 1 aromatic rings. The Kier molecular flexibility index (Phi) is 2.98. The molecule has 3 saturated carbocycles. The molecule has 1 spiro atoms. The van der Waals surface area contributed by atoms with E-state index in [-0.39, 0.29) is 0 Å². The molecule has 4 atom stereocenters. The van der Waals surface area contributed by atoms with E-state index in [2.05, 4.69) is 13.0 Å². The number of hydrogen-bond acceptors (Lipinski definition) is 1. The largest absolute Gasteiger partial charge is 0.508 e. The van der Waals surface area contributed by atoms with Crippen LogP contribution in [0.25, 0.3) is 0 Å². The van der Waals surface area contributed by atoms with Gasteiger partial charge in [0.2, 0.25) is 0 Å². The highest BCUT2D eigenvalue weighted by Gasteiger charge is 2.58. The zero-order chi connectivity index (χ0) is 15.7. The lowest BCUT2D eigenvalue weighted by molar-refractivity contribution is 0.0596. The van der Waals surface area contributed by atoms with E-state index >= 15 is 0 Å². The first kappa shape index (κ1) is 14.4. The Balaban J connectivity index is 1.49. The van der Waals surface area contributed by atoms with Crippen molar-refractivity contribution in [2.45, 2.75) is 77.0 Å². The van der Waals surface area contributed by atoms with Crippen LogP contribution < -0.4 is 0 Å². The summed E-state index contributed by atoms with van der Waals surface area (Å²) < 4.78 is 0. The van der Waals surface area contributed by atoms with E-state index in [1.54, 1.807) is 5.56 Å². The van der Waals surface area contributed by atoms with Crippen LogP contribution in [0.15, 0.2) is 18.2 Å². The fraction of sp³-hybridized carbons (Fsp3) is 0.727. The lowest BCUT2D eigenvalue weighted by Gasteiger charge is -2.49. The summed E-state index contributed by atoms with van der Waals surface area (Å²) >= 11 is 0. The maximum atomic E-state index is 9.81. The third kappa shape index (κ3) is 2.04. The van der Waals surface area contributed by atoms with Gasteiger partial charge in [0.05, 0.1) is 0 Å². The highest BCUT2D eigenvalue weighted by Crippen LogP contribution is 2.68. The van der Waals surface area contributed by atoms with Gasteiger partial charge in [0.25, 0.3) is 0 Å². The van der Waals surface area contributed by atoms with E-state index < -0.39 is 0 Å². The predicted molar refractivity (Wildman–Crippen MR) is 93.6 cm³/mol. The van der Waals surface area contributed by atoms with Gasteiger partial charge in [-0.05, 0) is 103 Å². The van der Waals surface area contributed by atoms with E-state index in [0.717, 1.165) is 23.2 Å². The van der Waals surface area contributed by atoms with Crippen LogP contribution in [0.1, 0.15) is 81.8 Å². The molecule has 5 rings (SSSR count). The number of benzene rings is 1. The molecule has 0 aromatic heterocycles. The van der Waals surface area contributed by atoms with Crippen molar-refractivity contribution in [3.05, 3.63) is 29.3 Å². The minimum Gasteiger partial charge on any atom is -0.508 e. The smallest absolute Gasteiger partial charge is 0.115 e. The molecule has 124 valence electrons. The number of fused-ring (bicyclic) bond motifs is 5. The highest BCUT2D eigenvalue weighted by molar-refractivity contribution is 5.40. The first-order chi connectivity index (χ1) is 11.1. The van der Waals surface area contributed by atoms with Crippen LogP contribution in [0.4, 0.5) is 0 Å². The van der Waals surface area contributed by atoms with Gasteiger partial charge in [0.15, 0.2) is 0 Å². The monoisotopic (exact) mass is 310 g/mol. The number of aromatic hydroxyl groups is 1. The summed E-state index contributed by atoms with van der Waals surface area (Å²) in [7, 11) is 0. The summed E-state index contributed by atoms with van der Waals surface area (Å²) in [5.41, 5.74) is 4.36. The summed E-state index contributed by atoms with van der Waals surface area (Å²) in [5.74, 6) is 3.09. The topological polar surface area (TPSA) is 20.2 Å². The molecule has 3 fully saturated rings. The summed E-state index contributed by atoms with van der Waals surface area (Å²) in [6.07, 6.45) is 14.4. The number of aryl methyl sites for hydroxylation is 1. The van der Waals surface area contributed by atoms with Gasteiger partial charge in [0.1, 0.15) is 5.75 Å². The number of hydrogen-bond donors (Lipinski definition) is 1. The summed E-state index contributed by atoms with van der Waals surface area (Å²) in [5, 5.41) is 9.81. The molecule has 0 saturated heterocycles. The Hall–Kier alpha value is -0.980. The molecule has 1 nitrogen and oxygen atoms in total. The molecule has 0 radical (unpaired) electrons. The molecule has 1 N–H and O–H groups in total. The molecule has 0 aliphatic heterocycles. The van der Waals surface area contributed by atoms with E-state index in [1.165, 1.54) is 69.8 Å². The molecule has 1 heteroatoms. The Morgan fingerprint density at radius 2 is 1.91 bits per heavy atom. The van der Waals surface area contributed by atoms with Gasteiger partial charge >= 0.3 is 0 Å². The van der Waals surface area contributed by atoms with E-state index in [1.807, 2.05) is 12.1 Å². The maximum Gasteiger partial charge on any atom is 0.115 e. The fourth-order valence-corrected chi connectivity index (χ4v) is 7.48. The Labute approximate surface area is 140 Å². The summed E-state index contributed by atoms with van der Waals surface area (Å²) in [6.45, 7) is 2.63. The average Bonchev–Trinajstić information content (AvgIpc) is 3.10. The van der Waals surface area contributed by atoms with Gasteiger partial charge in [-0.15, -0.1) is 0 Å². The quantitative estimate of drug-likeness (QED) is 0.641. The molecule has 0 heterocycles. The van der Waals surface area contributed by atoms with Gasteiger partial charge in [-0.3, -0.25) is 0 Å². The molecule has 23 heavy (non-hydrogen) atoms. The average molecular weight is 310 g/mol. The number of phenolic OH excluding ortho intramolecular Hbond substituents is 1. The van der Waals surface area contributed by atoms with Gasteiger partial charge in [-0.1, -0.05) is 25.8 Å².